The summed E-state index contributed by atoms with van der Waals surface area (Å²) >= 11 is 0. The lowest BCUT2D eigenvalue weighted by molar-refractivity contribution is -0.137. The summed E-state index contributed by atoms with van der Waals surface area (Å²) in [5.41, 5.74) is 5.54. The summed E-state index contributed by atoms with van der Waals surface area (Å²) in [4.78, 5) is 20.3. The summed E-state index contributed by atoms with van der Waals surface area (Å²) in [5, 5.41) is 4.32. The van der Waals surface area contributed by atoms with Crippen LogP contribution < -0.4 is 26.0 Å². The number of hydrogen-bond acceptors (Lipinski definition) is 7. The van der Waals surface area contributed by atoms with E-state index in [1.54, 1.807) is 6.07 Å². The van der Waals surface area contributed by atoms with Crippen LogP contribution in [0.3, 0.4) is 0 Å². The Kier molecular flexibility index (Phi) is 6.82. The zero-order valence-electron chi connectivity index (χ0n) is 18.3. The first-order valence-corrected chi connectivity index (χ1v) is 10.6. The van der Waals surface area contributed by atoms with Crippen LogP contribution in [0.15, 0.2) is 61.2 Å². The summed E-state index contributed by atoms with van der Waals surface area (Å²) in [6.45, 7) is 0.921. The van der Waals surface area contributed by atoms with Crippen molar-refractivity contribution in [2.75, 3.05) is 24.2 Å². The van der Waals surface area contributed by atoms with E-state index in [0.717, 1.165) is 36.1 Å². The van der Waals surface area contributed by atoms with Crippen LogP contribution in [0.4, 0.5) is 24.5 Å². The number of nitrogens with one attached hydrogen (secondary N) is 3. The molecule has 3 aromatic rings. The Hall–Kier alpha value is -3.86. The molecule has 1 aliphatic rings. The predicted octanol–water partition coefficient (Wildman–Crippen LogP) is 4.11. The highest BCUT2D eigenvalue weighted by Crippen LogP contribution is 2.37. The van der Waals surface area contributed by atoms with E-state index < -0.39 is 17.6 Å². The molecule has 34 heavy (non-hydrogen) atoms. The normalized spacial score (nSPS) is 15.6. The van der Waals surface area contributed by atoms with Crippen LogP contribution in [0.5, 0.6) is 5.75 Å². The molecule has 1 aromatic heterocycles. The number of alkyl halides is 3. The average Bonchev–Trinajstić information content (AvgIpc) is 3.39. The number of carbonyl (C=O) groups is 1. The fraction of sp³-hybridized carbons (Fsp3) is 0.261. The molecule has 1 aliphatic heterocycles. The number of carbonyl (C=O) groups excluding carboxylic acids is 1. The van der Waals surface area contributed by atoms with E-state index in [-0.39, 0.29) is 17.3 Å². The lowest BCUT2D eigenvalue weighted by Crippen LogP contribution is -2.47. The number of ether oxygens (including phenoxy) is 1. The number of halogens is 3. The zero-order valence-corrected chi connectivity index (χ0v) is 18.3. The molecule has 2 heterocycles. The van der Waals surface area contributed by atoms with Crippen molar-refractivity contribution < 1.29 is 22.7 Å². The number of rotatable bonds is 7. The largest absolute Gasteiger partial charge is 0.495 e. The number of benzene rings is 2. The van der Waals surface area contributed by atoms with Gasteiger partial charge in [0.2, 0.25) is 0 Å². The van der Waals surface area contributed by atoms with Crippen molar-refractivity contribution in [3.05, 3.63) is 77.9 Å². The Morgan fingerprint density at radius 2 is 1.94 bits per heavy atom. The Bertz CT molecular complexity index is 1140. The third kappa shape index (κ3) is 5.20. The summed E-state index contributed by atoms with van der Waals surface area (Å²) < 4.78 is 46.8. The molecule has 2 aromatic carbocycles. The van der Waals surface area contributed by atoms with Gasteiger partial charge in [0.25, 0.3) is 5.91 Å². The molecule has 0 aliphatic carbocycles. The predicted molar refractivity (Wildman–Crippen MR) is 120 cm³/mol. The van der Waals surface area contributed by atoms with Crippen LogP contribution in [0.1, 0.15) is 40.4 Å². The van der Waals surface area contributed by atoms with Gasteiger partial charge in [-0.1, -0.05) is 18.2 Å². The maximum atomic E-state index is 13.8. The highest BCUT2D eigenvalue weighted by molar-refractivity contribution is 5.94. The molecule has 0 radical (unpaired) electrons. The highest BCUT2D eigenvalue weighted by Gasteiger charge is 2.35. The zero-order chi connectivity index (χ0) is 24.1. The molecule has 11 heteroatoms. The van der Waals surface area contributed by atoms with E-state index >= 15 is 0 Å². The number of para-hydroxylation sites is 1. The van der Waals surface area contributed by atoms with Gasteiger partial charge in [0.1, 0.15) is 12.1 Å². The van der Waals surface area contributed by atoms with Gasteiger partial charge in [-0.15, -0.1) is 0 Å². The van der Waals surface area contributed by atoms with Crippen LogP contribution in [0.25, 0.3) is 0 Å². The molecule has 4 rings (SSSR count). The second-order valence-electron chi connectivity index (χ2n) is 7.64. The molecular formula is C23H23F3N6O2. The topological polar surface area (TPSA) is 91.4 Å². The van der Waals surface area contributed by atoms with Crippen molar-refractivity contribution in [2.45, 2.75) is 25.1 Å². The van der Waals surface area contributed by atoms with Gasteiger partial charge in [-0.3, -0.25) is 10.2 Å². The number of nitrogens with zero attached hydrogens (tertiary/aromatic N) is 3. The molecule has 178 valence electrons. The van der Waals surface area contributed by atoms with Gasteiger partial charge in [0.05, 0.1) is 29.6 Å². The minimum absolute atomic E-state index is 0.0772. The summed E-state index contributed by atoms with van der Waals surface area (Å²) in [5.74, 6) is -0.284. The van der Waals surface area contributed by atoms with E-state index in [1.807, 2.05) is 12.1 Å². The number of methoxy groups -OCH3 is 1. The Labute approximate surface area is 194 Å². The van der Waals surface area contributed by atoms with Crippen molar-refractivity contribution in [2.24, 2.45) is 0 Å². The summed E-state index contributed by atoms with van der Waals surface area (Å²) in [6, 6.07) is 10.5. The monoisotopic (exact) mass is 472 g/mol. The fourth-order valence-electron chi connectivity index (χ4n) is 3.75. The Morgan fingerprint density at radius 1 is 1.18 bits per heavy atom. The standard InChI is InChI=1S/C23H23F3N6O2/c1-34-21-11-15(18-6-4-10-29-18)8-9-19(21)30-32(31-22(33)16-12-27-14-28-13-16)20-7-3-2-5-17(20)23(24,25)26/h2-3,5,7-9,11-14,18,29-30H,4,6,10H2,1H3,(H,31,33). The van der Waals surface area contributed by atoms with E-state index in [2.05, 4.69) is 26.1 Å². The second-order valence-corrected chi connectivity index (χ2v) is 7.64. The van der Waals surface area contributed by atoms with Gasteiger partial charge >= 0.3 is 6.18 Å². The van der Waals surface area contributed by atoms with Crippen LogP contribution >= 0.6 is 0 Å². The molecule has 8 nitrogen and oxygen atoms in total. The Morgan fingerprint density at radius 3 is 2.62 bits per heavy atom. The van der Waals surface area contributed by atoms with Gasteiger partial charge in [0, 0.05) is 18.4 Å². The van der Waals surface area contributed by atoms with Crippen molar-refractivity contribution in [3.8, 4) is 5.75 Å². The molecular weight excluding hydrogens is 449 g/mol. The molecule has 1 fully saturated rings. The van der Waals surface area contributed by atoms with Gasteiger partial charge < -0.3 is 10.1 Å². The van der Waals surface area contributed by atoms with Crippen LogP contribution in [0.2, 0.25) is 0 Å². The fourth-order valence-corrected chi connectivity index (χ4v) is 3.75. The van der Waals surface area contributed by atoms with Gasteiger partial charge in [-0.05, 0) is 49.2 Å². The minimum atomic E-state index is -4.65. The number of aromatic nitrogens is 2. The van der Waals surface area contributed by atoms with E-state index in [1.165, 1.54) is 44.0 Å². The lowest BCUT2D eigenvalue weighted by atomic mass is 10.0. The maximum absolute atomic E-state index is 13.8. The molecule has 1 atom stereocenters. The summed E-state index contributed by atoms with van der Waals surface area (Å²) in [7, 11) is 1.47. The minimum Gasteiger partial charge on any atom is -0.495 e. The first kappa shape index (κ1) is 23.3. The second kappa shape index (κ2) is 9.96. The SMILES string of the molecule is COc1cc(C2CCCN2)ccc1NN(NC(=O)c1cncnc1)c1ccccc1C(F)(F)F. The first-order chi connectivity index (χ1) is 16.4. The molecule has 0 spiro atoms. The Balaban J connectivity index is 1.70. The van der Waals surface area contributed by atoms with Crippen molar-refractivity contribution >= 4 is 17.3 Å². The van der Waals surface area contributed by atoms with Crippen molar-refractivity contribution in [1.29, 1.82) is 0 Å². The van der Waals surface area contributed by atoms with Crippen LogP contribution in [-0.2, 0) is 6.18 Å². The third-order valence-corrected chi connectivity index (χ3v) is 5.41. The summed E-state index contributed by atoms with van der Waals surface area (Å²) in [6.07, 6.45) is 1.16. The van der Waals surface area contributed by atoms with Crippen molar-refractivity contribution in [3.63, 3.8) is 0 Å². The third-order valence-electron chi connectivity index (χ3n) is 5.41. The van der Waals surface area contributed by atoms with Crippen LogP contribution in [0, 0.1) is 0 Å². The van der Waals surface area contributed by atoms with Gasteiger partial charge in [-0.2, -0.15) is 18.3 Å². The number of hydrogen-bond donors (Lipinski definition) is 3. The molecule has 1 amide bonds. The van der Waals surface area contributed by atoms with Crippen molar-refractivity contribution in [1.82, 2.24) is 20.7 Å². The van der Waals surface area contributed by atoms with Gasteiger partial charge in [-0.25, -0.2) is 15.4 Å². The molecule has 0 bridgehead atoms. The molecule has 1 unspecified atom stereocenters. The molecule has 0 saturated carbocycles. The van der Waals surface area contributed by atoms with Crippen LogP contribution in [-0.4, -0.2) is 29.5 Å². The molecule has 1 saturated heterocycles. The number of hydrazine groups is 2. The molecule has 3 N–H and O–H groups in total. The lowest BCUT2D eigenvalue weighted by Gasteiger charge is -2.29. The van der Waals surface area contributed by atoms with E-state index in [0.29, 0.717) is 11.4 Å². The highest BCUT2D eigenvalue weighted by atomic mass is 19.4. The van der Waals surface area contributed by atoms with E-state index in [4.69, 9.17) is 4.74 Å². The number of anilines is 2. The smallest absolute Gasteiger partial charge is 0.418 e. The average molecular weight is 472 g/mol. The quantitative estimate of drug-likeness (QED) is 0.446. The first-order valence-electron chi connectivity index (χ1n) is 10.6. The number of amides is 1. The van der Waals surface area contributed by atoms with Gasteiger partial charge in [0.15, 0.2) is 0 Å². The van der Waals surface area contributed by atoms with E-state index in [9.17, 15) is 18.0 Å². The maximum Gasteiger partial charge on any atom is 0.418 e.